The molecule has 3 rings (SSSR count). The Morgan fingerprint density at radius 1 is 1.04 bits per heavy atom. The molecule has 2 aromatic heterocycles. The summed E-state index contributed by atoms with van der Waals surface area (Å²) in [5, 5.41) is 3.62. The summed E-state index contributed by atoms with van der Waals surface area (Å²) in [4.78, 5) is 4.94. The smallest absolute Gasteiger partial charge is 0.170 e. The molecule has 0 fully saturated rings. The Morgan fingerprint density at radius 3 is 2.38 bits per heavy atom. The molecule has 0 aliphatic carbocycles. The van der Waals surface area contributed by atoms with E-state index in [1.165, 1.54) is 5.56 Å². The van der Waals surface area contributed by atoms with Crippen molar-refractivity contribution in [3.05, 3.63) is 41.6 Å². The third-order valence-electron chi connectivity index (χ3n) is 4.20. The highest BCUT2D eigenvalue weighted by Gasteiger charge is 2.23. The lowest BCUT2D eigenvalue weighted by molar-refractivity contribution is 0.356. The van der Waals surface area contributed by atoms with Gasteiger partial charge in [0.25, 0.3) is 0 Å². The second-order valence-electron chi connectivity index (χ2n) is 7.59. The van der Waals surface area contributed by atoms with Gasteiger partial charge in [-0.15, -0.1) is 0 Å². The van der Waals surface area contributed by atoms with E-state index in [0.29, 0.717) is 11.5 Å². The lowest BCUT2D eigenvalue weighted by Crippen LogP contribution is -2.27. The van der Waals surface area contributed by atoms with Crippen molar-refractivity contribution in [2.75, 3.05) is 19.5 Å². The molecule has 3 aromatic rings. The summed E-state index contributed by atoms with van der Waals surface area (Å²) < 4.78 is 13.3. The molecule has 0 amide bonds. The fourth-order valence-electron chi connectivity index (χ4n) is 3.26. The first-order valence-electron chi connectivity index (χ1n) is 8.74. The minimum atomic E-state index is -0.117. The number of anilines is 1. The van der Waals surface area contributed by atoms with Gasteiger partial charge in [0.1, 0.15) is 17.2 Å². The lowest BCUT2D eigenvalue weighted by atomic mass is 10.1. The quantitative estimate of drug-likeness (QED) is 0.729. The van der Waals surface area contributed by atoms with Crippen molar-refractivity contribution < 1.29 is 9.47 Å². The fraction of sp³-hybridized carbons (Fsp3) is 0.381. The van der Waals surface area contributed by atoms with Gasteiger partial charge in [0.15, 0.2) is 11.5 Å². The van der Waals surface area contributed by atoms with Crippen molar-refractivity contribution in [1.82, 2.24) is 9.38 Å². The van der Waals surface area contributed by atoms with Crippen LogP contribution in [0, 0.1) is 13.8 Å². The zero-order valence-corrected chi connectivity index (χ0v) is 16.6. The number of methoxy groups -OCH3 is 2. The zero-order chi connectivity index (χ0) is 19.1. The maximum atomic E-state index is 5.65. The Kier molecular flexibility index (Phi) is 4.57. The first-order valence-corrected chi connectivity index (χ1v) is 8.74. The Morgan fingerprint density at radius 2 is 1.77 bits per heavy atom. The van der Waals surface area contributed by atoms with E-state index in [1.54, 1.807) is 14.2 Å². The molecule has 0 unspecified atom stereocenters. The molecule has 0 spiro atoms. The molecule has 0 saturated heterocycles. The standard InChI is InChI=1S/C21H27N3O2/c1-13-11-14(2)24-17(12-13)22-18(20(24)23-21(3,4)5)15-9-8-10-16(25-6)19(15)26-7/h8-12,23H,1-7H3. The zero-order valence-electron chi connectivity index (χ0n) is 16.6. The summed E-state index contributed by atoms with van der Waals surface area (Å²) in [5.41, 5.74) is 4.87. The summed E-state index contributed by atoms with van der Waals surface area (Å²) in [6.07, 6.45) is 0. The SMILES string of the molecule is COc1cccc(-c2nc3cc(C)cc(C)n3c2NC(C)(C)C)c1OC. The summed E-state index contributed by atoms with van der Waals surface area (Å²) in [7, 11) is 3.30. The van der Waals surface area contributed by atoms with Crippen molar-refractivity contribution in [3.8, 4) is 22.8 Å². The normalized spacial score (nSPS) is 11.7. The van der Waals surface area contributed by atoms with E-state index in [9.17, 15) is 0 Å². The molecule has 1 aromatic carbocycles. The number of hydrogen-bond donors (Lipinski definition) is 1. The number of aryl methyl sites for hydroxylation is 2. The summed E-state index contributed by atoms with van der Waals surface area (Å²) in [5.74, 6) is 2.33. The number of nitrogens with one attached hydrogen (secondary N) is 1. The average Bonchev–Trinajstić information content (AvgIpc) is 2.90. The Bertz CT molecular complexity index is 952. The number of benzene rings is 1. The molecule has 26 heavy (non-hydrogen) atoms. The summed E-state index contributed by atoms with van der Waals surface area (Å²) >= 11 is 0. The van der Waals surface area contributed by atoms with Gasteiger partial charge in [-0.05, 0) is 64.4 Å². The average molecular weight is 353 g/mol. The topological polar surface area (TPSA) is 47.8 Å². The number of ether oxygens (including phenoxy) is 2. The van der Waals surface area contributed by atoms with E-state index < -0.39 is 0 Å². The second kappa shape index (κ2) is 6.56. The molecular formula is C21H27N3O2. The molecule has 0 atom stereocenters. The molecule has 0 aliphatic heterocycles. The molecular weight excluding hydrogens is 326 g/mol. The Balaban J connectivity index is 2.36. The van der Waals surface area contributed by atoms with E-state index >= 15 is 0 Å². The third kappa shape index (κ3) is 3.21. The Labute approximate surface area is 155 Å². The molecule has 138 valence electrons. The highest BCUT2D eigenvalue weighted by molar-refractivity contribution is 5.82. The second-order valence-corrected chi connectivity index (χ2v) is 7.59. The molecule has 2 heterocycles. The number of imidazole rings is 1. The van der Waals surface area contributed by atoms with Crippen LogP contribution in [0.5, 0.6) is 11.5 Å². The summed E-state index contributed by atoms with van der Waals surface area (Å²) in [6.45, 7) is 10.6. The third-order valence-corrected chi connectivity index (χ3v) is 4.20. The first-order chi connectivity index (χ1) is 12.2. The van der Waals surface area contributed by atoms with Gasteiger partial charge in [-0.3, -0.25) is 4.40 Å². The molecule has 0 saturated carbocycles. The highest BCUT2D eigenvalue weighted by Crippen LogP contribution is 2.41. The van der Waals surface area contributed by atoms with Gasteiger partial charge in [-0.25, -0.2) is 4.98 Å². The van der Waals surface area contributed by atoms with Gasteiger partial charge in [-0.1, -0.05) is 6.07 Å². The van der Waals surface area contributed by atoms with Crippen LogP contribution in [0.3, 0.4) is 0 Å². The van der Waals surface area contributed by atoms with E-state index in [0.717, 1.165) is 28.4 Å². The van der Waals surface area contributed by atoms with Crippen molar-refractivity contribution in [2.24, 2.45) is 0 Å². The predicted octanol–water partition coefficient (Wildman–Crippen LogP) is 4.85. The van der Waals surface area contributed by atoms with Crippen LogP contribution < -0.4 is 14.8 Å². The maximum Gasteiger partial charge on any atom is 0.170 e. The fourth-order valence-corrected chi connectivity index (χ4v) is 3.26. The van der Waals surface area contributed by atoms with Gasteiger partial charge in [0.05, 0.1) is 14.2 Å². The maximum absolute atomic E-state index is 5.65. The van der Waals surface area contributed by atoms with Crippen LogP contribution in [0.1, 0.15) is 32.0 Å². The minimum Gasteiger partial charge on any atom is -0.493 e. The molecule has 1 N–H and O–H groups in total. The molecule has 5 nitrogen and oxygen atoms in total. The number of fused-ring (bicyclic) bond motifs is 1. The van der Waals surface area contributed by atoms with Crippen LogP contribution >= 0.6 is 0 Å². The van der Waals surface area contributed by atoms with Crippen molar-refractivity contribution in [2.45, 2.75) is 40.2 Å². The van der Waals surface area contributed by atoms with Crippen LogP contribution in [-0.2, 0) is 0 Å². The highest BCUT2D eigenvalue weighted by atomic mass is 16.5. The number of rotatable bonds is 4. The minimum absolute atomic E-state index is 0.117. The van der Waals surface area contributed by atoms with Crippen LogP contribution in [0.15, 0.2) is 30.3 Å². The number of hydrogen-bond acceptors (Lipinski definition) is 4. The number of aromatic nitrogens is 2. The predicted molar refractivity (Wildman–Crippen MR) is 107 cm³/mol. The monoisotopic (exact) mass is 353 g/mol. The van der Waals surface area contributed by atoms with E-state index in [4.69, 9.17) is 14.5 Å². The van der Waals surface area contributed by atoms with Crippen LogP contribution in [0.2, 0.25) is 0 Å². The van der Waals surface area contributed by atoms with Gasteiger partial charge >= 0.3 is 0 Å². The van der Waals surface area contributed by atoms with Crippen molar-refractivity contribution in [1.29, 1.82) is 0 Å². The van der Waals surface area contributed by atoms with Gasteiger partial charge < -0.3 is 14.8 Å². The Hall–Kier alpha value is -2.69. The largest absolute Gasteiger partial charge is 0.493 e. The number of nitrogens with zero attached hydrogens (tertiary/aromatic N) is 2. The van der Waals surface area contributed by atoms with Crippen molar-refractivity contribution in [3.63, 3.8) is 0 Å². The molecule has 0 aliphatic rings. The molecule has 5 heteroatoms. The lowest BCUT2D eigenvalue weighted by Gasteiger charge is -2.23. The van der Waals surface area contributed by atoms with Gasteiger partial charge in [0.2, 0.25) is 0 Å². The van der Waals surface area contributed by atoms with Gasteiger partial charge in [0, 0.05) is 16.8 Å². The van der Waals surface area contributed by atoms with Crippen LogP contribution in [0.4, 0.5) is 5.82 Å². The number of para-hydroxylation sites is 1. The van der Waals surface area contributed by atoms with E-state index in [1.807, 2.05) is 18.2 Å². The summed E-state index contributed by atoms with van der Waals surface area (Å²) in [6, 6.07) is 10.1. The number of pyridine rings is 1. The van der Waals surface area contributed by atoms with Crippen molar-refractivity contribution >= 4 is 11.5 Å². The first kappa shape index (κ1) is 18.1. The van der Waals surface area contributed by atoms with Crippen LogP contribution in [-0.4, -0.2) is 29.1 Å². The van der Waals surface area contributed by atoms with E-state index in [-0.39, 0.29) is 5.54 Å². The van der Waals surface area contributed by atoms with E-state index in [2.05, 4.69) is 56.5 Å². The molecule has 0 radical (unpaired) electrons. The molecule has 0 bridgehead atoms. The van der Waals surface area contributed by atoms with Gasteiger partial charge in [-0.2, -0.15) is 0 Å². The van der Waals surface area contributed by atoms with Crippen LogP contribution in [0.25, 0.3) is 16.9 Å².